The van der Waals surface area contributed by atoms with Crippen molar-refractivity contribution in [2.45, 2.75) is 6.04 Å². The molecule has 2 N–H and O–H groups in total. The Kier molecular flexibility index (Phi) is 4.95. The molecule has 1 aliphatic rings. The standard InChI is InChI=1S/C13H15BrN2O3S/c1-18-13(17)11-7-19-5-4-16(11)10-3-2-8(12(15)20)6-9(10)14/h2-3,6,11H,4-5,7H2,1H3,(H2,15,20). The van der Waals surface area contributed by atoms with E-state index in [2.05, 4.69) is 15.9 Å². The van der Waals surface area contributed by atoms with E-state index in [1.165, 1.54) is 7.11 Å². The first-order chi connectivity index (χ1) is 9.54. The Morgan fingerprint density at radius 1 is 1.60 bits per heavy atom. The van der Waals surface area contributed by atoms with Crippen LogP contribution in [0.1, 0.15) is 5.56 Å². The molecule has 0 saturated carbocycles. The van der Waals surface area contributed by atoms with Gasteiger partial charge in [0.15, 0.2) is 6.04 Å². The smallest absolute Gasteiger partial charge is 0.330 e. The molecule has 108 valence electrons. The summed E-state index contributed by atoms with van der Waals surface area (Å²) in [5.74, 6) is -0.310. The van der Waals surface area contributed by atoms with E-state index in [0.717, 1.165) is 15.7 Å². The summed E-state index contributed by atoms with van der Waals surface area (Å²) in [4.78, 5) is 14.1. The summed E-state index contributed by atoms with van der Waals surface area (Å²) in [7, 11) is 1.38. The molecule has 1 heterocycles. The average molecular weight is 359 g/mol. The lowest BCUT2D eigenvalue weighted by molar-refractivity contribution is -0.144. The molecular formula is C13H15BrN2O3S. The number of benzene rings is 1. The van der Waals surface area contributed by atoms with E-state index in [9.17, 15) is 4.79 Å². The van der Waals surface area contributed by atoms with Crippen LogP contribution in [0.2, 0.25) is 0 Å². The summed E-state index contributed by atoms with van der Waals surface area (Å²) < 4.78 is 11.0. The number of halogens is 1. The molecule has 0 radical (unpaired) electrons. The first-order valence-corrected chi connectivity index (χ1v) is 7.26. The van der Waals surface area contributed by atoms with Crippen molar-refractivity contribution >= 4 is 44.8 Å². The highest BCUT2D eigenvalue weighted by Crippen LogP contribution is 2.30. The number of nitrogens with zero attached hydrogens (tertiary/aromatic N) is 1. The highest BCUT2D eigenvalue weighted by atomic mass is 79.9. The number of carbonyl (C=O) groups is 1. The number of esters is 1. The van der Waals surface area contributed by atoms with Gasteiger partial charge in [-0.25, -0.2) is 4.79 Å². The van der Waals surface area contributed by atoms with Gasteiger partial charge in [0.25, 0.3) is 0 Å². The summed E-state index contributed by atoms with van der Waals surface area (Å²) in [5.41, 5.74) is 7.28. The summed E-state index contributed by atoms with van der Waals surface area (Å²) >= 11 is 8.45. The van der Waals surface area contributed by atoms with Gasteiger partial charge in [0.1, 0.15) is 4.99 Å². The monoisotopic (exact) mass is 358 g/mol. The molecule has 1 aromatic rings. The molecule has 1 aromatic carbocycles. The van der Waals surface area contributed by atoms with Gasteiger partial charge < -0.3 is 20.1 Å². The molecule has 2 rings (SSSR count). The lowest BCUT2D eigenvalue weighted by atomic mass is 10.1. The van der Waals surface area contributed by atoms with E-state index in [1.807, 2.05) is 23.1 Å². The summed E-state index contributed by atoms with van der Waals surface area (Å²) in [5, 5.41) is 0. The van der Waals surface area contributed by atoms with E-state index in [-0.39, 0.29) is 5.97 Å². The SMILES string of the molecule is COC(=O)C1COCCN1c1ccc(C(N)=S)cc1Br. The van der Waals surface area contributed by atoms with Crippen molar-refractivity contribution in [3.8, 4) is 0 Å². The number of morpholine rings is 1. The molecule has 1 fully saturated rings. The third-order valence-corrected chi connectivity index (χ3v) is 4.01. The number of hydrogen-bond donors (Lipinski definition) is 1. The normalized spacial score (nSPS) is 18.7. The summed E-state index contributed by atoms with van der Waals surface area (Å²) in [6.45, 7) is 1.50. The van der Waals surface area contributed by atoms with Crippen molar-refractivity contribution in [2.24, 2.45) is 5.73 Å². The van der Waals surface area contributed by atoms with Crippen LogP contribution in [0.25, 0.3) is 0 Å². The third-order valence-electron chi connectivity index (χ3n) is 3.14. The van der Waals surface area contributed by atoms with E-state index in [4.69, 9.17) is 27.4 Å². The molecule has 1 aliphatic heterocycles. The molecule has 1 saturated heterocycles. The largest absolute Gasteiger partial charge is 0.467 e. The topological polar surface area (TPSA) is 64.8 Å². The predicted octanol–water partition coefficient (Wildman–Crippen LogP) is 1.46. The Morgan fingerprint density at radius 2 is 2.35 bits per heavy atom. The van der Waals surface area contributed by atoms with Crippen LogP contribution in [-0.4, -0.2) is 43.9 Å². The fourth-order valence-electron chi connectivity index (χ4n) is 2.12. The van der Waals surface area contributed by atoms with Gasteiger partial charge >= 0.3 is 5.97 Å². The van der Waals surface area contributed by atoms with Crippen LogP contribution >= 0.6 is 28.1 Å². The van der Waals surface area contributed by atoms with Crippen LogP contribution in [0.4, 0.5) is 5.69 Å². The average Bonchev–Trinajstić information content (AvgIpc) is 2.46. The van der Waals surface area contributed by atoms with Gasteiger partial charge in [0.05, 0.1) is 26.0 Å². The first-order valence-electron chi connectivity index (χ1n) is 6.06. The zero-order valence-corrected chi connectivity index (χ0v) is 13.4. The third kappa shape index (κ3) is 3.11. The molecule has 7 heteroatoms. The fraction of sp³-hybridized carbons (Fsp3) is 0.385. The van der Waals surface area contributed by atoms with Crippen LogP contribution in [0.3, 0.4) is 0 Å². The van der Waals surface area contributed by atoms with Crippen LogP contribution in [0, 0.1) is 0 Å². The van der Waals surface area contributed by atoms with Gasteiger partial charge in [-0.05, 0) is 34.1 Å². The Bertz CT molecular complexity index is 538. The molecule has 20 heavy (non-hydrogen) atoms. The fourth-order valence-corrected chi connectivity index (χ4v) is 2.85. The second kappa shape index (κ2) is 6.51. The van der Waals surface area contributed by atoms with Crippen molar-refractivity contribution in [3.05, 3.63) is 28.2 Å². The van der Waals surface area contributed by atoms with Gasteiger partial charge in [0.2, 0.25) is 0 Å². The Hall–Kier alpha value is -1.18. The zero-order chi connectivity index (χ0) is 14.7. The van der Waals surface area contributed by atoms with Gasteiger partial charge in [-0.2, -0.15) is 0 Å². The number of rotatable bonds is 3. The molecular weight excluding hydrogens is 344 g/mol. The highest BCUT2D eigenvalue weighted by molar-refractivity contribution is 9.10. The quantitative estimate of drug-likeness (QED) is 0.651. The minimum absolute atomic E-state index is 0.310. The predicted molar refractivity (Wildman–Crippen MR) is 84.0 cm³/mol. The summed E-state index contributed by atoms with van der Waals surface area (Å²) in [6, 6.07) is 5.13. The number of carbonyl (C=O) groups excluding carboxylic acids is 1. The van der Waals surface area contributed by atoms with Crippen LogP contribution in [0.5, 0.6) is 0 Å². The lowest BCUT2D eigenvalue weighted by Gasteiger charge is -2.36. The van der Waals surface area contributed by atoms with Gasteiger partial charge in [0, 0.05) is 16.6 Å². The molecule has 0 spiro atoms. The zero-order valence-electron chi connectivity index (χ0n) is 11.0. The molecule has 5 nitrogen and oxygen atoms in total. The van der Waals surface area contributed by atoms with Crippen molar-refractivity contribution < 1.29 is 14.3 Å². The van der Waals surface area contributed by atoms with Crippen molar-refractivity contribution in [3.63, 3.8) is 0 Å². The maximum Gasteiger partial charge on any atom is 0.330 e. The first kappa shape index (κ1) is 15.2. The molecule has 1 unspecified atom stereocenters. The van der Waals surface area contributed by atoms with E-state index < -0.39 is 6.04 Å². The van der Waals surface area contributed by atoms with Crippen molar-refractivity contribution in [1.29, 1.82) is 0 Å². The van der Waals surface area contributed by atoms with Crippen molar-refractivity contribution in [2.75, 3.05) is 31.8 Å². The van der Waals surface area contributed by atoms with E-state index >= 15 is 0 Å². The number of anilines is 1. The molecule has 0 aliphatic carbocycles. The number of thiocarbonyl (C=S) groups is 1. The van der Waals surface area contributed by atoms with E-state index in [0.29, 0.717) is 24.7 Å². The number of methoxy groups -OCH3 is 1. The maximum atomic E-state index is 11.8. The van der Waals surface area contributed by atoms with Gasteiger partial charge in [-0.15, -0.1) is 0 Å². The lowest BCUT2D eigenvalue weighted by Crippen LogP contribution is -2.50. The molecule has 0 aromatic heterocycles. The molecule has 1 atom stereocenters. The Morgan fingerprint density at radius 3 is 2.95 bits per heavy atom. The van der Waals surface area contributed by atoms with Crippen LogP contribution in [0.15, 0.2) is 22.7 Å². The van der Waals surface area contributed by atoms with Crippen molar-refractivity contribution in [1.82, 2.24) is 0 Å². The van der Waals surface area contributed by atoms with E-state index in [1.54, 1.807) is 0 Å². The van der Waals surface area contributed by atoms with Gasteiger partial charge in [-0.3, -0.25) is 0 Å². The number of ether oxygens (including phenoxy) is 2. The van der Waals surface area contributed by atoms with Crippen LogP contribution < -0.4 is 10.6 Å². The van der Waals surface area contributed by atoms with Gasteiger partial charge in [-0.1, -0.05) is 12.2 Å². The highest BCUT2D eigenvalue weighted by Gasteiger charge is 2.31. The maximum absolute atomic E-state index is 11.8. The minimum atomic E-state index is -0.444. The molecule has 0 amide bonds. The number of nitrogens with two attached hydrogens (primary N) is 1. The second-order valence-corrected chi connectivity index (χ2v) is 5.63. The summed E-state index contributed by atoms with van der Waals surface area (Å²) in [6.07, 6.45) is 0. The second-order valence-electron chi connectivity index (χ2n) is 4.34. The molecule has 0 bridgehead atoms. The Balaban J connectivity index is 2.32. The number of hydrogen-bond acceptors (Lipinski definition) is 5. The Labute approximate surface area is 131 Å². The van der Waals surface area contributed by atoms with Crippen LogP contribution in [-0.2, 0) is 14.3 Å². The minimum Gasteiger partial charge on any atom is -0.467 e.